The highest BCUT2D eigenvalue weighted by atomic mass is 15.0. The Labute approximate surface area is 112 Å². The molecule has 4 nitrogen and oxygen atoms in total. The first-order valence-corrected chi connectivity index (χ1v) is 6.71. The number of nitrogens with zero attached hydrogens (tertiary/aromatic N) is 2. The highest BCUT2D eigenvalue weighted by Crippen LogP contribution is 2.26. The molecule has 0 atom stereocenters. The number of fused-ring (bicyclic) bond motifs is 3. The number of anilines is 1. The number of rotatable bonds is 4. The van der Waals surface area contributed by atoms with E-state index in [1.807, 2.05) is 12.1 Å². The van der Waals surface area contributed by atoms with Crippen LogP contribution < -0.4 is 5.32 Å². The van der Waals surface area contributed by atoms with Gasteiger partial charge in [-0.3, -0.25) is 0 Å². The molecule has 0 bridgehead atoms. The molecule has 0 fully saturated rings. The molecule has 2 heterocycles. The predicted molar refractivity (Wildman–Crippen MR) is 79.3 cm³/mol. The van der Waals surface area contributed by atoms with E-state index in [1.54, 1.807) is 6.33 Å². The van der Waals surface area contributed by atoms with Gasteiger partial charge < -0.3 is 10.3 Å². The number of benzene rings is 1. The summed E-state index contributed by atoms with van der Waals surface area (Å²) in [6.45, 7) is 5.37. The number of H-pyrrole nitrogens is 1. The van der Waals surface area contributed by atoms with Gasteiger partial charge in [-0.2, -0.15) is 0 Å². The van der Waals surface area contributed by atoms with Gasteiger partial charge in [0, 0.05) is 17.4 Å². The van der Waals surface area contributed by atoms with Gasteiger partial charge in [-0.1, -0.05) is 32.0 Å². The molecule has 98 valence electrons. The van der Waals surface area contributed by atoms with Gasteiger partial charge in [0.05, 0.1) is 0 Å². The molecule has 0 saturated carbocycles. The lowest BCUT2D eigenvalue weighted by Crippen LogP contribution is -2.06. The molecule has 0 saturated heterocycles. The molecule has 0 aliphatic heterocycles. The van der Waals surface area contributed by atoms with E-state index in [4.69, 9.17) is 0 Å². The van der Waals surface area contributed by atoms with Crippen molar-refractivity contribution in [3.8, 4) is 0 Å². The number of aromatic amines is 1. The monoisotopic (exact) mass is 254 g/mol. The third-order valence-electron chi connectivity index (χ3n) is 3.30. The second-order valence-corrected chi connectivity index (χ2v) is 5.23. The molecule has 2 N–H and O–H groups in total. The van der Waals surface area contributed by atoms with Crippen molar-refractivity contribution < 1.29 is 0 Å². The number of nitrogens with one attached hydrogen (secondary N) is 2. The number of hydrogen-bond donors (Lipinski definition) is 2. The minimum absolute atomic E-state index is 0.688. The van der Waals surface area contributed by atoms with E-state index in [9.17, 15) is 0 Å². The molecule has 0 aliphatic rings. The summed E-state index contributed by atoms with van der Waals surface area (Å²) < 4.78 is 0. The van der Waals surface area contributed by atoms with Gasteiger partial charge in [0.15, 0.2) is 5.82 Å². The van der Waals surface area contributed by atoms with Crippen LogP contribution in [0.3, 0.4) is 0 Å². The Morgan fingerprint density at radius 1 is 1.21 bits per heavy atom. The van der Waals surface area contributed by atoms with Gasteiger partial charge >= 0.3 is 0 Å². The van der Waals surface area contributed by atoms with Crippen LogP contribution in [0, 0.1) is 5.92 Å². The van der Waals surface area contributed by atoms with Crippen LogP contribution in [0.4, 0.5) is 5.82 Å². The zero-order valence-corrected chi connectivity index (χ0v) is 11.3. The Morgan fingerprint density at radius 2 is 2.05 bits per heavy atom. The number of hydrogen-bond acceptors (Lipinski definition) is 3. The first kappa shape index (κ1) is 12.0. The van der Waals surface area contributed by atoms with Gasteiger partial charge in [-0.05, 0) is 18.4 Å². The maximum absolute atomic E-state index is 4.39. The predicted octanol–water partition coefficient (Wildman–Crippen LogP) is 3.57. The molecule has 1 aromatic carbocycles. The molecule has 0 unspecified atom stereocenters. The van der Waals surface area contributed by atoms with E-state index in [0.717, 1.165) is 40.7 Å². The molecule has 0 spiro atoms. The van der Waals surface area contributed by atoms with Crippen LogP contribution in [0.25, 0.3) is 21.9 Å². The van der Waals surface area contributed by atoms with Crippen molar-refractivity contribution in [3.63, 3.8) is 0 Å². The van der Waals surface area contributed by atoms with Gasteiger partial charge in [0.1, 0.15) is 17.4 Å². The van der Waals surface area contributed by atoms with E-state index in [0.29, 0.717) is 5.92 Å². The fourth-order valence-electron chi connectivity index (χ4n) is 2.25. The van der Waals surface area contributed by atoms with Crippen LogP contribution in [-0.4, -0.2) is 21.5 Å². The summed E-state index contributed by atoms with van der Waals surface area (Å²) in [7, 11) is 0. The molecule has 3 aromatic rings. The van der Waals surface area contributed by atoms with Crippen LogP contribution >= 0.6 is 0 Å². The minimum atomic E-state index is 0.688. The number of para-hydroxylation sites is 1. The normalized spacial score (nSPS) is 11.5. The summed E-state index contributed by atoms with van der Waals surface area (Å²) >= 11 is 0. The zero-order valence-electron chi connectivity index (χ0n) is 11.3. The molecule has 3 rings (SSSR count). The highest BCUT2D eigenvalue weighted by molar-refractivity contribution is 6.07. The maximum Gasteiger partial charge on any atom is 0.153 e. The lowest BCUT2D eigenvalue weighted by molar-refractivity contribution is 0.607. The van der Waals surface area contributed by atoms with Gasteiger partial charge in [-0.15, -0.1) is 0 Å². The molecule has 0 radical (unpaired) electrons. The third-order valence-corrected chi connectivity index (χ3v) is 3.30. The summed E-state index contributed by atoms with van der Waals surface area (Å²) in [5.74, 6) is 1.58. The van der Waals surface area contributed by atoms with E-state index in [1.165, 1.54) is 0 Å². The molecule has 4 heteroatoms. The Morgan fingerprint density at radius 3 is 2.89 bits per heavy atom. The molecule has 0 amide bonds. The standard InChI is InChI=1S/C15H18N4/c1-10(2)7-8-16-15-14-13(17-9-18-15)11-5-3-4-6-12(11)19-14/h3-6,9-10,19H,7-8H2,1-2H3,(H,16,17,18). The van der Waals surface area contributed by atoms with Gasteiger partial charge in [-0.25, -0.2) is 9.97 Å². The minimum Gasteiger partial charge on any atom is -0.368 e. The Balaban J connectivity index is 2.00. The summed E-state index contributed by atoms with van der Waals surface area (Å²) in [6, 6.07) is 8.20. The van der Waals surface area contributed by atoms with Crippen LogP contribution in [0.2, 0.25) is 0 Å². The summed E-state index contributed by atoms with van der Waals surface area (Å²) in [4.78, 5) is 12.1. The van der Waals surface area contributed by atoms with E-state index < -0.39 is 0 Å². The summed E-state index contributed by atoms with van der Waals surface area (Å²) in [5.41, 5.74) is 3.08. The van der Waals surface area contributed by atoms with E-state index >= 15 is 0 Å². The summed E-state index contributed by atoms with van der Waals surface area (Å²) in [5, 5.41) is 4.54. The molecule has 2 aromatic heterocycles. The van der Waals surface area contributed by atoms with Crippen LogP contribution in [0.1, 0.15) is 20.3 Å². The molecule has 0 aliphatic carbocycles. The zero-order chi connectivity index (χ0) is 13.2. The van der Waals surface area contributed by atoms with Crippen molar-refractivity contribution in [2.45, 2.75) is 20.3 Å². The fraction of sp³-hybridized carbons (Fsp3) is 0.333. The molecular weight excluding hydrogens is 236 g/mol. The fourth-order valence-corrected chi connectivity index (χ4v) is 2.25. The third kappa shape index (κ3) is 2.26. The number of aromatic nitrogens is 3. The Bertz CT molecular complexity index is 700. The van der Waals surface area contributed by atoms with Crippen molar-refractivity contribution >= 4 is 27.8 Å². The van der Waals surface area contributed by atoms with E-state index in [-0.39, 0.29) is 0 Å². The Hall–Kier alpha value is -2.10. The van der Waals surface area contributed by atoms with Crippen LogP contribution in [0.5, 0.6) is 0 Å². The lowest BCUT2D eigenvalue weighted by Gasteiger charge is -2.07. The van der Waals surface area contributed by atoms with Crippen molar-refractivity contribution in [1.82, 2.24) is 15.0 Å². The average molecular weight is 254 g/mol. The molecular formula is C15H18N4. The first-order valence-electron chi connectivity index (χ1n) is 6.71. The summed E-state index contributed by atoms with van der Waals surface area (Å²) in [6.07, 6.45) is 2.76. The first-order chi connectivity index (χ1) is 9.25. The lowest BCUT2D eigenvalue weighted by atomic mass is 10.1. The van der Waals surface area contributed by atoms with Gasteiger partial charge in [0.2, 0.25) is 0 Å². The van der Waals surface area contributed by atoms with Crippen molar-refractivity contribution in [3.05, 3.63) is 30.6 Å². The SMILES string of the molecule is CC(C)CCNc1ncnc2c1[nH]c1ccccc12. The quantitative estimate of drug-likeness (QED) is 0.748. The van der Waals surface area contributed by atoms with Crippen molar-refractivity contribution in [1.29, 1.82) is 0 Å². The van der Waals surface area contributed by atoms with Crippen LogP contribution in [-0.2, 0) is 0 Å². The topological polar surface area (TPSA) is 53.6 Å². The van der Waals surface area contributed by atoms with Crippen LogP contribution in [0.15, 0.2) is 30.6 Å². The van der Waals surface area contributed by atoms with Crippen molar-refractivity contribution in [2.75, 3.05) is 11.9 Å². The Kier molecular flexibility index (Phi) is 3.07. The van der Waals surface area contributed by atoms with E-state index in [2.05, 4.69) is 46.2 Å². The second-order valence-electron chi connectivity index (χ2n) is 5.23. The van der Waals surface area contributed by atoms with Crippen molar-refractivity contribution in [2.24, 2.45) is 5.92 Å². The second kappa shape index (κ2) is 4.88. The maximum atomic E-state index is 4.39. The average Bonchev–Trinajstić information content (AvgIpc) is 2.78. The largest absolute Gasteiger partial charge is 0.368 e. The van der Waals surface area contributed by atoms with Gasteiger partial charge in [0.25, 0.3) is 0 Å². The molecule has 19 heavy (non-hydrogen) atoms. The smallest absolute Gasteiger partial charge is 0.153 e. The highest BCUT2D eigenvalue weighted by Gasteiger charge is 2.09.